The molecule has 0 N–H and O–H groups in total. The van der Waals surface area contributed by atoms with Crippen molar-refractivity contribution in [1.82, 2.24) is 9.88 Å². The van der Waals surface area contributed by atoms with Crippen molar-refractivity contribution in [1.29, 1.82) is 0 Å². The Labute approximate surface area is 124 Å². The molecule has 0 aromatic carbocycles. The van der Waals surface area contributed by atoms with E-state index in [-0.39, 0.29) is 18.7 Å². The second kappa shape index (κ2) is 5.01. The largest absolute Gasteiger partial charge is 0.397 e. The van der Waals surface area contributed by atoms with Gasteiger partial charge in [0.1, 0.15) is 0 Å². The number of alkyl halides is 2. The van der Waals surface area contributed by atoms with Gasteiger partial charge in [-0.1, -0.05) is 11.3 Å². The Balaban J connectivity index is 1.66. The summed E-state index contributed by atoms with van der Waals surface area (Å²) < 4.78 is 31.6. The van der Waals surface area contributed by atoms with Crippen LogP contribution < -0.4 is 4.74 Å². The molecule has 1 aliphatic carbocycles. The van der Waals surface area contributed by atoms with Crippen LogP contribution >= 0.6 is 11.3 Å². The second-order valence-electron chi connectivity index (χ2n) is 5.32. The SMILES string of the molecule is CC(=O)c1sc(OC2=NCCN2CC2CC2(F)F)nc1C. The van der Waals surface area contributed by atoms with E-state index in [4.69, 9.17) is 4.74 Å². The summed E-state index contributed by atoms with van der Waals surface area (Å²) in [6, 6.07) is 0.321. The van der Waals surface area contributed by atoms with Crippen LogP contribution in [-0.4, -0.2) is 47.2 Å². The zero-order valence-electron chi connectivity index (χ0n) is 11.7. The molecule has 1 aliphatic heterocycles. The molecule has 3 rings (SSSR count). The lowest BCUT2D eigenvalue weighted by atomic mass is 10.3. The van der Waals surface area contributed by atoms with E-state index in [1.165, 1.54) is 6.92 Å². The Kier molecular flexibility index (Phi) is 3.43. The summed E-state index contributed by atoms with van der Waals surface area (Å²) in [7, 11) is 0. The lowest BCUT2D eigenvalue weighted by Gasteiger charge is -2.18. The molecule has 0 radical (unpaired) electrons. The minimum atomic E-state index is -2.55. The molecule has 0 bridgehead atoms. The monoisotopic (exact) mass is 315 g/mol. The van der Waals surface area contributed by atoms with Gasteiger partial charge in [-0.25, -0.2) is 18.8 Å². The van der Waals surface area contributed by atoms with Crippen LogP contribution in [-0.2, 0) is 0 Å². The Hall–Kier alpha value is -1.57. The quantitative estimate of drug-likeness (QED) is 0.801. The number of thiazole rings is 1. The number of halogens is 2. The van der Waals surface area contributed by atoms with Crippen molar-refractivity contribution in [3.8, 4) is 5.19 Å². The van der Waals surface area contributed by atoms with E-state index in [0.717, 1.165) is 11.3 Å². The Morgan fingerprint density at radius 2 is 2.29 bits per heavy atom. The molecule has 1 atom stereocenters. The third kappa shape index (κ3) is 2.90. The van der Waals surface area contributed by atoms with Crippen LogP contribution in [0.15, 0.2) is 4.99 Å². The summed E-state index contributed by atoms with van der Waals surface area (Å²) in [5, 5.41) is 0.325. The molecule has 2 heterocycles. The van der Waals surface area contributed by atoms with Crippen LogP contribution in [0.1, 0.15) is 28.7 Å². The first-order valence-corrected chi connectivity index (χ1v) is 7.52. The number of aromatic nitrogens is 1. The molecular weight excluding hydrogens is 300 g/mol. The number of carbonyl (C=O) groups excluding carboxylic acids is 1. The third-order valence-electron chi connectivity index (χ3n) is 3.56. The molecule has 0 spiro atoms. The van der Waals surface area contributed by atoms with Gasteiger partial charge < -0.3 is 9.64 Å². The van der Waals surface area contributed by atoms with Crippen LogP contribution in [0.4, 0.5) is 8.78 Å². The first-order chi connectivity index (χ1) is 9.87. The minimum absolute atomic E-state index is 0.0670. The third-order valence-corrected chi connectivity index (χ3v) is 4.70. The van der Waals surface area contributed by atoms with Crippen molar-refractivity contribution in [3.63, 3.8) is 0 Å². The number of hydrogen-bond donors (Lipinski definition) is 0. The number of hydrogen-bond acceptors (Lipinski definition) is 6. The fourth-order valence-corrected chi connectivity index (χ4v) is 3.09. The molecule has 8 heteroatoms. The fourth-order valence-electron chi connectivity index (χ4n) is 2.28. The van der Waals surface area contributed by atoms with E-state index in [9.17, 15) is 13.6 Å². The van der Waals surface area contributed by atoms with Gasteiger partial charge in [0, 0.05) is 32.4 Å². The lowest BCUT2D eigenvalue weighted by molar-refractivity contribution is 0.0931. The number of rotatable bonds is 4. The molecule has 114 valence electrons. The Morgan fingerprint density at radius 1 is 1.57 bits per heavy atom. The van der Waals surface area contributed by atoms with E-state index in [0.29, 0.717) is 34.9 Å². The molecule has 1 aromatic rings. The average molecular weight is 315 g/mol. The maximum Gasteiger partial charge on any atom is 0.294 e. The van der Waals surface area contributed by atoms with Crippen molar-refractivity contribution in [2.75, 3.05) is 19.6 Å². The van der Waals surface area contributed by atoms with Crippen molar-refractivity contribution < 1.29 is 18.3 Å². The van der Waals surface area contributed by atoms with Crippen LogP contribution in [0.3, 0.4) is 0 Å². The lowest BCUT2D eigenvalue weighted by Crippen LogP contribution is -2.34. The highest BCUT2D eigenvalue weighted by atomic mass is 32.1. The van der Waals surface area contributed by atoms with Crippen LogP contribution in [0.25, 0.3) is 0 Å². The number of aryl methyl sites for hydroxylation is 1. The van der Waals surface area contributed by atoms with Gasteiger partial charge in [-0.15, -0.1) is 0 Å². The van der Waals surface area contributed by atoms with Crippen LogP contribution in [0, 0.1) is 12.8 Å². The van der Waals surface area contributed by atoms with Crippen LogP contribution in [0.5, 0.6) is 5.19 Å². The number of amidine groups is 1. The Morgan fingerprint density at radius 3 is 2.86 bits per heavy atom. The minimum Gasteiger partial charge on any atom is -0.397 e. The summed E-state index contributed by atoms with van der Waals surface area (Å²) in [4.78, 5) is 22.0. The molecule has 1 aromatic heterocycles. The van der Waals surface area contributed by atoms with Gasteiger partial charge in [0.15, 0.2) is 5.78 Å². The maximum atomic E-state index is 13.0. The summed E-state index contributed by atoms with van der Waals surface area (Å²) in [6.45, 7) is 4.55. The zero-order chi connectivity index (χ0) is 15.2. The molecule has 1 saturated carbocycles. The molecule has 2 aliphatic rings. The summed E-state index contributed by atoms with van der Waals surface area (Å²) in [6.07, 6.45) is -0.0678. The van der Waals surface area contributed by atoms with Crippen molar-refractivity contribution in [3.05, 3.63) is 10.6 Å². The first-order valence-electron chi connectivity index (χ1n) is 6.70. The van der Waals surface area contributed by atoms with E-state index in [1.807, 2.05) is 0 Å². The van der Waals surface area contributed by atoms with E-state index < -0.39 is 11.8 Å². The number of ether oxygens (including phenoxy) is 1. The van der Waals surface area contributed by atoms with Crippen molar-refractivity contribution >= 4 is 23.1 Å². The molecule has 21 heavy (non-hydrogen) atoms. The second-order valence-corrected chi connectivity index (χ2v) is 6.29. The normalized spacial score (nSPS) is 23.1. The molecule has 0 saturated heterocycles. The van der Waals surface area contributed by atoms with Gasteiger partial charge >= 0.3 is 0 Å². The standard InChI is InChI=1S/C13H15F2N3O2S/c1-7-10(8(2)19)21-12(17-7)20-11-16-3-4-18(11)6-9-5-13(9,14)15/h9H,3-6H2,1-2H3. The van der Waals surface area contributed by atoms with Crippen LogP contribution in [0.2, 0.25) is 0 Å². The summed E-state index contributed by atoms with van der Waals surface area (Å²) in [5.41, 5.74) is 0.612. The molecule has 1 unspecified atom stereocenters. The van der Waals surface area contributed by atoms with E-state index in [1.54, 1.807) is 11.8 Å². The molecule has 1 fully saturated rings. The smallest absolute Gasteiger partial charge is 0.294 e. The van der Waals surface area contributed by atoms with Gasteiger partial charge in [0.25, 0.3) is 17.1 Å². The number of carbonyl (C=O) groups is 1. The van der Waals surface area contributed by atoms with Crippen molar-refractivity contribution in [2.45, 2.75) is 26.2 Å². The highest BCUT2D eigenvalue weighted by Gasteiger charge is 2.57. The topological polar surface area (TPSA) is 54.8 Å². The highest BCUT2D eigenvalue weighted by molar-refractivity contribution is 7.15. The van der Waals surface area contributed by atoms with Gasteiger partial charge in [-0.05, 0) is 6.92 Å². The number of nitrogens with zero attached hydrogens (tertiary/aromatic N) is 3. The molecule has 0 amide bonds. The fraction of sp³-hybridized carbons (Fsp3) is 0.615. The average Bonchev–Trinajstić information content (AvgIpc) is 2.77. The van der Waals surface area contributed by atoms with Gasteiger partial charge in [0.2, 0.25) is 0 Å². The van der Waals surface area contributed by atoms with Crippen molar-refractivity contribution in [2.24, 2.45) is 10.9 Å². The number of ketones is 1. The zero-order valence-corrected chi connectivity index (χ0v) is 12.5. The highest BCUT2D eigenvalue weighted by Crippen LogP contribution is 2.49. The van der Waals surface area contributed by atoms with E-state index >= 15 is 0 Å². The summed E-state index contributed by atoms with van der Waals surface area (Å²) >= 11 is 1.15. The van der Waals surface area contributed by atoms with Gasteiger partial charge in [-0.2, -0.15) is 0 Å². The van der Waals surface area contributed by atoms with Gasteiger partial charge in [0.05, 0.1) is 17.1 Å². The summed E-state index contributed by atoms with van der Waals surface area (Å²) in [5.74, 6) is -3.23. The van der Waals surface area contributed by atoms with E-state index in [2.05, 4.69) is 9.98 Å². The van der Waals surface area contributed by atoms with Gasteiger partial charge in [-0.3, -0.25) is 4.79 Å². The Bertz CT molecular complexity index is 615. The first kappa shape index (κ1) is 14.4. The predicted molar refractivity (Wildman–Crippen MR) is 74.4 cm³/mol. The molecule has 5 nitrogen and oxygen atoms in total. The number of aliphatic imine (C=N–C) groups is 1. The molecular formula is C13H15F2N3O2S. The number of Topliss-reactive ketones (excluding diaryl/α,β-unsaturated/α-hetero) is 1. The predicted octanol–water partition coefficient (Wildman–Crippen LogP) is 2.36. The maximum absolute atomic E-state index is 13.0.